The summed E-state index contributed by atoms with van der Waals surface area (Å²) in [6.45, 7) is 2.61. The van der Waals surface area contributed by atoms with Gasteiger partial charge in [-0.25, -0.2) is 8.42 Å². The van der Waals surface area contributed by atoms with Crippen LogP contribution in [0, 0.1) is 0 Å². The van der Waals surface area contributed by atoms with Gasteiger partial charge in [0.05, 0.1) is 4.90 Å². The molecule has 1 aliphatic heterocycles. The zero-order valence-electron chi connectivity index (χ0n) is 12.8. The number of hydrogen-bond donors (Lipinski definition) is 2. The minimum Gasteiger partial charge on any atom is -0.386 e. The molecule has 0 spiro atoms. The molecule has 1 aromatic heterocycles. The van der Waals surface area contributed by atoms with Crippen molar-refractivity contribution in [1.82, 2.24) is 14.2 Å². The van der Waals surface area contributed by atoms with Gasteiger partial charge in [-0.2, -0.15) is 4.31 Å². The molecule has 0 saturated carbocycles. The van der Waals surface area contributed by atoms with Gasteiger partial charge in [0.15, 0.2) is 0 Å². The highest BCUT2D eigenvalue weighted by Gasteiger charge is 2.29. The lowest BCUT2D eigenvalue weighted by Gasteiger charge is -2.34. The fourth-order valence-corrected chi connectivity index (χ4v) is 4.23. The number of rotatable bonds is 5. The van der Waals surface area contributed by atoms with E-state index in [4.69, 9.17) is 0 Å². The molecule has 2 N–H and O–H groups in total. The number of hydrogen-bond acceptors (Lipinski definition) is 4. The number of sulfonamides is 1. The van der Waals surface area contributed by atoms with Crippen molar-refractivity contribution >= 4 is 10.0 Å². The van der Waals surface area contributed by atoms with Crippen molar-refractivity contribution in [3.05, 3.63) is 54.4 Å². The Morgan fingerprint density at radius 2 is 1.74 bits per heavy atom. The Morgan fingerprint density at radius 1 is 1.04 bits per heavy atom. The first-order valence-corrected chi connectivity index (χ1v) is 9.10. The molecule has 1 saturated heterocycles. The van der Waals surface area contributed by atoms with Crippen LogP contribution in [0.1, 0.15) is 11.8 Å². The molecule has 2 heterocycles. The highest BCUT2D eigenvalue weighted by atomic mass is 32.2. The zero-order valence-corrected chi connectivity index (χ0v) is 13.6. The van der Waals surface area contributed by atoms with Crippen LogP contribution in [0.25, 0.3) is 0 Å². The largest absolute Gasteiger partial charge is 0.386 e. The van der Waals surface area contributed by atoms with Crippen LogP contribution in [0.15, 0.2) is 53.6 Å². The molecule has 1 atom stereocenters. The summed E-state index contributed by atoms with van der Waals surface area (Å²) in [6.07, 6.45) is 1.20. The first-order valence-electron chi connectivity index (χ1n) is 7.66. The Kier molecular flexibility index (Phi) is 4.82. The highest BCUT2D eigenvalue weighted by Crippen LogP contribution is 2.18. The molecule has 0 radical (unpaired) electrons. The molecule has 6 nitrogen and oxygen atoms in total. The van der Waals surface area contributed by atoms with Gasteiger partial charge in [0.2, 0.25) is 10.0 Å². The summed E-state index contributed by atoms with van der Waals surface area (Å²) < 4.78 is 26.6. The van der Waals surface area contributed by atoms with Crippen LogP contribution in [0.3, 0.4) is 0 Å². The molecular weight excluding hydrogens is 314 g/mol. The van der Waals surface area contributed by atoms with Crippen LogP contribution in [-0.4, -0.2) is 60.4 Å². The normalized spacial score (nSPS) is 18.8. The highest BCUT2D eigenvalue weighted by molar-refractivity contribution is 7.89. The van der Waals surface area contributed by atoms with Gasteiger partial charge in [0, 0.05) is 44.6 Å². The minimum absolute atomic E-state index is 0.333. The topological polar surface area (TPSA) is 76.6 Å². The van der Waals surface area contributed by atoms with Crippen molar-refractivity contribution in [3.8, 4) is 0 Å². The van der Waals surface area contributed by atoms with Crippen LogP contribution < -0.4 is 0 Å². The number of aromatic nitrogens is 1. The second-order valence-corrected chi connectivity index (χ2v) is 7.60. The van der Waals surface area contributed by atoms with Crippen molar-refractivity contribution in [1.29, 1.82) is 0 Å². The SMILES string of the molecule is O=S(=O)(c1ccccc1)N1CCN(C[C@@H](O)c2ccc[nH]2)CC1. The number of piperazine rings is 1. The number of β-amino-alcohol motifs (C(OH)–C–C–N with tert-alkyl or cyclic N) is 1. The van der Waals surface area contributed by atoms with E-state index in [1.54, 1.807) is 36.5 Å². The Labute approximate surface area is 136 Å². The molecule has 1 aliphatic rings. The molecule has 0 amide bonds. The van der Waals surface area contributed by atoms with E-state index in [0.29, 0.717) is 37.6 Å². The molecule has 3 rings (SSSR count). The first kappa shape index (κ1) is 16.2. The fourth-order valence-electron chi connectivity index (χ4n) is 2.79. The van der Waals surface area contributed by atoms with Crippen LogP contribution in [0.5, 0.6) is 0 Å². The van der Waals surface area contributed by atoms with Gasteiger partial charge >= 0.3 is 0 Å². The number of aliphatic hydroxyl groups is 1. The monoisotopic (exact) mass is 335 g/mol. The van der Waals surface area contributed by atoms with Crippen molar-refractivity contribution in [3.63, 3.8) is 0 Å². The number of nitrogens with one attached hydrogen (secondary N) is 1. The van der Waals surface area contributed by atoms with Crippen molar-refractivity contribution < 1.29 is 13.5 Å². The summed E-state index contributed by atoms with van der Waals surface area (Å²) in [5, 5.41) is 10.2. The average Bonchev–Trinajstić information content (AvgIpc) is 3.11. The number of H-pyrrole nitrogens is 1. The molecule has 0 unspecified atom stereocenters. The van der Waals surface area contributed by atoms with Crippen molar-refractivity contribution in [2.24, 2.45) is 0 Å². The minimum atomic E-state index is -3.42. The summed E-state index contributed by atoms with van der Waals surface area (Å²) in [4.78, 5) is 5.42. The number of aliphatic hydroxyl groups excluding tert-OH is 1. The van der Waals surface area contributed by atoms with Gasteiger partial charge in [0.1, 0.15) is 6.10 Å². The Hall–Kier alpha value is -1.67. The van der Waals surface area contributed by atoms with Gasteiger partial charge < -0.3 is 10.1 Å². The zero-order chi connectivity index (χ0) is 16.3. The summed E-state index contributed by atoms with van der Waals surface area (Å²) in [6, 6.07) is 12.2. The van der Waals surface area contributed by atoms with Gasteiger partial charge in [-0.3, -0.25) is 4.90 Å². The summed E-state index contributed by atoms with van der Waals surface area (Å²) in [5.41, 5.74) is 0.782. The molecular formula is C16H21N3O3S. The predicted molar refractivity (Wildman–Crippen MR) is 87.4 cm³/mol. The van der Waals surface area contributed by atoms with E-state index in [1.165, 1.54) is 4.31 Å². The Bertz CT molecular complexity index is 708. The van der Waals surface area contributed by atoms with E-state index in [1.807, 2.05) is 12.1 Å². The van der Waals surface area contributed by atoms with E-state index in [9.17, 15) is 13.5 Å². The molecule has 1 aromatic carbocycles. The summed E-state index contributed by atoms with van der Waals surface area (Å²) in [7, 11) is -3.42. The standard InChI is InChI=1S/C16H21N3O3S/c20-16(15-7-4-8-17-15)13-18-9-11-19(12-10-18)23(21,22)14-5-2-1-3-6-14/h1-8,16-17,20H,9-13H2/t16-/m1/s1. The summed E-state index contributed by atoms with van der Waals surface area (Å²) in [5.74, 6) is 0. The first-order chi connectivity index (χ1) is 11.1. The number of nitrogens with zero attached hydrogens (tertiary/aromatic N) is 2. The maximum Gasteiger partial charge on any atom is 0.243 e. The molecule has 7 heteroatoms. The van der Waals surface area contributed by atoms with Gasteiger partial charge in [-0.15, -0.1) is 0 Å². The van der Waals surface area contributed by atoms with E-state index in [2.05, 4.69) is 9.88 Å². The van der Waals surface area contributed by atoms with Gasteiger partial charge in [-0.1, -0.05) is 18.2 Å². The van der Waals surface area contributed by atoms with Gasteiger partial charge in [0.25, 0.3) is 0 Å². The smallest absolute Gasteiger partial charge is 0.243 e. The molecule has 23 heavy (non-hydrogen) atoms. The predicted octanol–water partition coefficient (Wildman–Crippen LogP) is 1.05. The maximum atomic E-state index is 12.6. The van der Waals surface area contributed by atoms with E-state index < -0.39 is 16.1 Å². The Morgan fingerprint density at radius 3 is 2.35 bits per heavy atom. The quantitative estimate of drug-likeness (QED) is 0.856. The lowest BCUT2D eigenvalue weighted by Crippen LogP contribution is -2.49. The second-order valence-electron chi connectivity index (χ2n) is 5.66. The molecule has 2 aromatic rings. The number of benzene rings is 1. The maximum absolute atomic E-state index is 12.6. The average molecular weight is 335 g/mol. The lowest BCUT2D eigenvalue weighted by atomic mass is 10.2. The molecule has 0 bridgehead atoms. The molecule has 1 fully saturated rings. The van der Waals surface area contributed by atoms with Crippen LogP contribution in [0.2, 0.25) is 0 Å². The molecule has 124 valence electrons. The third kappa shape index (κ3) is 3.64. The number of aromatic amines is 1. The van der Waals surface area contributed by atoms with Crippen LogP contribution >= 0.6 is 0 Å². The van der Waals surface area contributed by atoms with Crippen molar-refractivity contribution in [2.45, 2.75) is 11.0 Å². The second kappa shape index (κ2) is 6.84. The van der Waals surface area contributed by atoms with Crippen molar-refractivity contribution in [2.75, 3.05) is 32.7 Å². The third-order valence-electron chi connectivity index (χ3n) is 4.12. The summed E-state index contributed by atoms with van der Waals surface area (Å²) >= 11 is 0. The third-order valence-corrected chi connectivity index (χ3v) is 6.04. The van der Waals surface area contributed by atoms with Gasteiger partial charge in [-0.05, 0) is 24.3 Å². The van der Waals surface area contributed by atoms with Crippen LogP contribution in [0.4, 0.5) is 0 Å². The molecule has 0 aliphatic carbocycles. The van der Waals surface area contributed by atoms with Crippen LogP contribution in [-0.2, 0) is 10.0 Å². The van der Waals surface area contributed by atoms with E-state index in [0.717, 1.165) is 5.69 Å². The van der Waals surface area contributed by atoms with E-state index >= 15 is 0 Å². The lowest BCUT2D eigenvalue weighted by molar-refractivity contribution is 0.0898. The fraction of sp³-hybridized carbons (Fsp3) is 0.375. The van der Waals surface area contributed by atoms with E-state index in [-0.39, 0.29) is 0 Å². The Balaban J connectivity index is 1.58.